The van der Waals surface area contributed by atoms with Crippen LogP contribution in [0.1, 0.15) is 19.8 Å². The standard InChI is InChI=1S/C18H19N3O2/c1-12(22)19-14-4-6-15(7-5-14)20-16-8-10-17(11-9-16)21-18(23)13-2-3-13/h4-11,13,20H,2-3H2,1H3,(H,19,22)(H,21,23). The van der Waals surface area contributed by atoms with E-state index < -0.39 is 0 Å². The lowest BCUT2D eigenvalue weighted by molar-refractivity contribution is -0.117. The highest BCUT2D eigenvalue weighted by molar-refractivity contribution is 5.94. The largest absolute Gasteiger partial charge is 0.356 e. The lowest BCUT2D eigenvalue weighted by Gasteiger charge is -2.09. The number of hydrogen-bond acceptors (Lipinski definition) is 3. The molecule has 118 valence electrons. The average Bonchev–Trinajstić information content (AvgIpc) is 3.35. The van der Waals surface area contributed by atoms with Crippen LogP contribution in [0.25, 0.3) is 0 Å². The Morgan fingerprint density at radius 2 is 1.22 bits per heavy atom. The molecule has 1 fully saturated rings. The smallest absolute Gasteiger partial charge is 0.227 e. The van der Waals surface area contributed by atoms with Gasteiger partial charge in [0.1, 0.15) is 0 Å². The van der Waals surface area contributed by atoms with E-state index in [1.54, 1.807) is 0 Å². The van der Waals surface area contributed by atoms with Crippen molar-refractivity contribution >= 4 is 34.6 Å². The maximum atomic E-state index is 11.7. The van der Waals surface area contributed by atoms with Crippen molar-refractivity contribution in [3.63, 3.8) is 0 Å². The topological polar surface area (TPSA) is 70.2 Å². The number of benzene rings is 2. The molecule has 0 saturated heterocycles. The van der Waals surface area contributed by atoms with Gasteiger partial charge < -0.3 is 16.0 Å². The summed E-state index contributed by atoms with van der Waals surface area (Å²) in [5.41, 5.74) is 3.44. The second kappa shape index (κ2) is 6.52. The molecule has 23 heavy (non-hydrogen) atoms. The van der Waals surface area contributed by atoms with Crippen LogP contribution in [0.15, 0.2) is 48.5 Å². The van der Waals surface area contributed by atoms with E-state index in [2.05, 4.69) is 16.0 Å². The van der Waals surface area contributed by atoms with Gasteiger partial charge in [-0.15, -0.1) is 0 Å². The third-order valence-corrected chi connectivity index (χ3v) is 3.59. The van der Waals surface area contributed by atoms with Crippen molar-refractivity contribution in [1.82, 2.24) is 0 Å². The highest BCUT2D eigenvalue weighted by atomic mass is 16.2. The first kappa shape index (κ1) is 15.1. The molecule has 0 aromatic heterocycles. The van der Waals surface area contributed by atoms with Crippen molar-refractivity contribution in [2.75, 3.05) is 16.0 Å². The first-order valence-corrected chi connectivity index (χ1v) is 7.66. The van der Waals surface area contributed by atoms with Crippen molar-refractivity contribution in [2.45, 2.75) is 19.8 Å². The Hall–Kier alpha value is -2.82. The Labute approximate surface area is 135 Å². The van der Waals surface area contributed by atoms with Crippen LogP contribution in [0, 0.1) is 5.92 Å². The Kier molecular flexibility index (Phi) is 4.28. The second-order valence-electron chi connectivity index (χ2n) is 5.72. The molecular weight excluding hydrogens is 290 g/mol. The molecular formula is C18H19N3O2. The van der Waals surface area contributed by atoms with Crippen molar-refractivity contribution in [1.29, 1.82) is 0 Å². The number of anilines is 4. The van der Waals surface area contributed by atoms with Crippen molar-refractivity contribution in [3.8, 4) is 0 Å². The summed E-state index contributed by atoms with van der Waals surface area (Å²) in [7, 11) is 0. The molecule has 0 bridgehead atoms. The Morgan fingerprint density at radius 3 is 1.65 bits per heavy atom. The van der Waals surface area contributed by atoms with E-state index in [1.807, 2.05) is 48.5 Å². The lowest BCUT2D eigenvalue weighted by Crippen LogP contribution is -2.13. The molecule has 0 heterocycles. The van der Waals surface area contributed by atoms with Gasteiger partial charge in [0, 0.05) is 35.6 Å². The molecule has 5 nitrogen and oxygen atoms in total. The van der Waals surface area contributed by atoms with Gasteiger partial charge in [-0.1, -0.05) is 0 Å². The predicted molar refractivity (Wildman–Crippen MR) is 91.8 cm³/mol. The summed E-state index contributed by atoms with van der Waals surface area (Å²) >= 11 is 0. The maximum Gasteiger partial charge on any atom is 0.227 e. The summed E-state index contributed by atoms with van der Waals surface area (Å²) in [6.07, 6.45) is 2.00. The zero-order chi connectivity index (χ0) is 16.2. The highest BCUT2D eigenvalue weighted by Gasteiger charge is 2.29. The molecule has 1 aliphatic carbocycles. The van der Waals surface area contributed by atoms with Gasteiger partial charge in [0.15, 0.2) is 0 Å². The molecule has 1 aliphatic rings. The number of carbonyl (C=O) groups is 2. The monoisotopic (exact) mass is 309 g/mol. The van der Waals surface area contributed by atoms with Gasteiger partial charge in [-0.05, 0) is 61.4 Å². The van der Waals surface area contributed by atoms with Crippen molar-refractivity contribution in [2.24, 2.45) is 5.92 Å². The van der Waals surface area contributed by atoms with E-state index in [-0.39, 0.29) is 17.7 Å². The molecule has 0 spiro atoms. The van der Waals surface area contributed by atoms with Gasteiger partial charge in [-0.2, -0.15) is 0 Å². The molecule has 3 N–H and O–H groups in total. The second-order valence-corrected chi connectivity index (χ2v) is 5.72. The number of rotatable bonds is 5. The number of amides is 2. The zero-order valence-electron chi connectivity index (χ0n) is 12.9. The first-order chi connectivity index (χ1) is 11.1. The van der Waals surface area contributed by atoms with E-state index in [4.69, 9.17) is 0 Å². The van der Waals surface area contributed by atoms with Crippen LogP contribution in [0.2, 0.25) is 0 Å². The number of nitrogens with one attached hydrogen (secondary N) is 3. The fraction of sp³-hybridized carbons (Fsp3) is 0.222. The van der Waals surface area contributed by atoms with E-state index in [1.165, 1.54) is 6.92 Å². The predicted octanol–water partition coefficient (Wildman–Crippen LogP) is 3.74. The summed E-state index contributed by atoms with van der Waals surface area (Å²) in [5, 5.41) is 8.92. The van der Waals surface area contributed by atoms with E-state index in [0.717, 1.165) is 35.6 Å². The summed E-state index contributed by atoms with van der Waals surface area (Å²) in [6.45, 7) is 1.48. The van der Waals surface area contributed by atoms with Gasteiger partial charge in [-0.25, -0.2) is 0 Å². The minimum atomic E-state index is -0.0884. The molecule has 3 rings (SSSR count). The van der Waals surface area contributed by atoms with E-state index >= 15 is 0 Å². The average molecular weight is 309 g/mol. The van der Waals surface area contributed by atoms with Crippen LogP contribution in [0.3, 0.4) is 0 Å². The highest BCUT2D eigenvalue weighted by Crippen LogP contribution is 2.30. The van der Waals surface area contributed by atoms with Gasteiger partial charge >= 0.3 is 0 Å². The van der Waals surface area contributed by atoms with Crippen LogP contribution in [0.5, 0.6) is 0 Å². The molecule has 2 aromatic rings. The number of hydrogen-bond donors (Lipinski definition) is 3. The summed E-state index contributed by atoms with van der Waals surface area (Å²) in [6, 6.07) is 15.1. The van der Waals surface area contributed by atoms with Crippen molar-refractivity contribution in [3.05, 3.63) is 48.5 Å². The molecule has 2 aromatic carbocycles. The van der Waals surface area contributed by atoms with Gasteiger partial charge in [0.05, 0.1) is 0 Å². The van der Waals surface area contributed by atoms with Crippen LogP contribution >= 0.6 is 0 Å². The van der Waals surface area contributed by atoms with Crippen LogP contribution in [0.4, 0.5) is 22.7 Å². The summed E-state index contributed by atoms with van der Waals surface area (Å²) in [4.78, 5) is 22.7. The zero-order valence-corrected chi connectivity index (χ0v) is 12.9. The SMILES string of the molecule is CC(=O)Nc1ccc(Nc2ccc(NC(=O)C3CC3)cc2)cc1. The summed E-state index contributed by atoms with van der Waals surface area (Å²) in [5.74, 6) is 0.226. The third-order valence-electron chi connectivity index (χ3n) is 3.59. The van der Waals surface area contributed by atoms with E-state index in [0.29, 0.717) is 0 Å². The van der Waals surface area contributed by atoms with Crippen LogP contribution in [-0.2, 0) is 9.59 Å². The first-order valence-electron chi connectivity index (χ1n) is 7.66. The minimum absolute atomic E-state index is 0.0884. The number of carbonyl (C=O) groups excluding carboxylic acids is 2. The van der Waals surface area contributed by atoms with E-state index in [9.17, 15) is 9.59 Å². The van der Waals surface area contributed by atoms with Crippen LogP contribution in [-0.4, -0.2) is 11.8 Å². The van der Waals surface area contributed by atoms with Crippen molar-refractivity contribution < 1.29 is 9.59 Å². The normalized spacial score (nSPS) is 13.3. The van der Waals surface area contributed by atoms with Gasteiger partial charge in [0.25, 0.3) is 0 Å². The quantitative estimate of drug-likeness (QED) is 0.788. The Bertz CT molecular complexity index is 704. The fourth-order valence-electron chi connectivity index (χ4n) is 2.23. The molecule has 0 unspecified atom stereocenters. The van der Waals surface area contributed by atoms with Gasteiger partial charge in [0.2, 0.25) is 11.8 Å². The fourth-order valence-corrected chi connectivity index (χ4v) is 2.23. The molecule has 0 aliphatic heterocycles. The minimum Gasteiger partial charge on any atom is -0.356 e. The van der Waals surface area contributed by atoms with Gasteiger partial charge in [-0.3, -0.25) is 9.59 Å². The molecule has 0 atom stereocenters. The Morgan fingerprint density at radius 1 is 0.783 bits per heavy atom. The molecule has 2 amide bonds. The van der Waals surface area contributed by atoms with Crippen LogP contribution < -0.4 is 16.0 Å². The maximum absolute atomic E-state index is 11.7. The third kappa shape index (κ3) is 4.32. The lowest BCUT2D eigenvalue weighted by atomic mass is 10.2. The molecule has 5 heteroatoms. The Balaban J connectivity index is 1.59. The molecule has 0 radical (unpaired) electrons. The molecule has 1 saturated carbocycles. The summed E-state index contributed by atoms with van der Waals surface area (Å²) < 4.78 is 0.